The van der Waals surface area contributed by atoms with Gasteiger partial charge in [-0.2, -0.15) is 0 Å². The maximum atomic E-state index is 13.3. The van der Waals surface area contributed by atoms with Crippen molar-refractivity contribution in [2.75, 3.05) is 11.1 Å². The van der Waals surface area contributed by atoms with Gasteiger partial charge in [0.25, 0.3) is 0 Å². The number of hydrogen-bond acceptors (Lipinski definition) is 3. The van der Waals surface area contributed by atoms with Gasteiger partial charge in [0.1, 0.15) is 10.8 Å². The fourth-order valence-electron chi connectivity index (χ4n) is 2.04. The van der Waals surface area contributed by atoms with Gasteiger partial charge in [0, 0.05) is 21.8 Å². The average molecular weight is 320 g/mol. The van der Waals surface area contributed by atoms with Gasteiger partial charge >= 0.3 is 0 Å². The lowest BCUT2D eigenvalue weighted by atomic mass is 10.1. The zero-order chi connectivity index (χ0) is 15.4. The summed E-state index contributed by atoms with van der Waals surface area (Å²) >= 11 is 6.87. The monoisotopic (exact) mass is 320 g/mol. The Bertz CT molecular complexity index is 671. The van der Waals surface area contributed by atoms with Crippen LogP contribution in [-0.2, 0) is 0 Å². The molecule has 5 heteroatoms. The van der Waals surface area contributed by atoms with Crippen molar-refractivity contribution < 1.29 is 4.39 Å². The van der Waals surface area contributed by atoms with E-state index in [1.54, 1.807) is 30.8 Å². The SMILES string of the molecule is CCSc1cccc(Nc2ccc(F)c(C)c2)c1C(N)=S. The van der Waals surface area contributed by atoms with Gasteiger partial charge in [-0.3, -0.25) is 0 Å². The molecule has 0 unspecified atom stereocenters. The van der Waals surface area contributed by atoms with Gasteiger partial charge in [-0.1, -0.05) is 25.2 Å². The van der Waals surface area contributed by atoms with Gasteiger partial charge in [0.05, 0.1) is 0 Å². The molecule has 2 aromatic rings. The Labute approximate surface area is 133 Å². The molecule has 0 amide bonds. The number of nitrogens with one attached hydrogen (secondary N) is 1. The third kappa shape index (κ3) is 3.74. The van der Waals surface area contributed by atoms with Crippen LogP contribution in [0.4, 0.5) is 15.8 Å². The van der Waals surface area contributed by atoms with E-state index in [0.29, 0.717) is 10.6 Å². The van der Waals surface area contributed by atoms with Crippen LogP contribution in [0, 0.1) is 12.7 Å². The lowest BCUT2D eigenvalue weighted by molar-refractivity contribution is 0.619. The number of benzene rings is 2. The van der Waals surface area contributed by atoms with E-state index < -0.39 is 0 Å². The number of rotatable bonds is 5. The Morgan fingerprint density at radius 1 is 1.33 bits per heavy atom. The molecular weight excluding hydrogens is 303 g/mol. The number of anilines is 2. The summed E-state index contributed by atoms with van der Waals surface area (Å²) in [7, 11) is 0. The second kappa shape index (κ2) is 6.91. The van der Waals surface area contributed by atoms with Crippen LogP contribution < -0.4 is 11.1 Å². The average Bonchev–Trinajstić information content (AvgIpc) is 2.43. The smallest absolute Gasteiger partial charge is 0.126 e. The number of hydrogen-bond donors (Lipinski definition) is 2. The molecule has 0 atom stereocenters. The van der Waals surface area contributed by atoms with Crippen molar-refractivity contribution in [2.24, 2.45) is 5.73 Å². The molecule has 0 heterocycles. The molecular formula is C16H17FN2S2. The first kappa shape index (κ1) is 15.8. The van der Waals surface area contributed by atoms with E-state index in [1.165, 1.54) is 6.07 Å². The normalized spacial score (nSPS) is 10.4. The van der Waals surface area contributed by atoms with Crippen LogP contribution in [0.15, 0.2) is 41.3 Å². The number of nitrogens with two attached hydrogens (primary N) is 1. The molecule has 0 saturated heterocycles. The van der Waals surface area contributed by atoms with Crippen LogP contribution in [-0.4, -0.2) is 10.7 Å². The Morgan fingerprint density at radius 2 is 2.10 bits per heavy atom. The van der Waals surface area contributed by atoms with E-state index >= 15 is 0 Å². The highest BCUT2D eigenvalue weighted by atomic mass is 32.2. The van der Waals surface area contributed by atoms with Crippen molar-refractivity contribution in [3.05, 3.63) is 53.3 Å². The Kier molecular flexibility index (Phi) is 5.20. The van der Waals surface area contributed by atoms with Gasteiger partial charge in [-0.15, -0.1) is 11.8 Å². The summed E-state index contributed by atoms with van der Waals surface area (Å²) in [6.45, 7) is 3.82. The van der Waals surface area contributed by atoms with Crippen molar-refractivity contribution in [2.45, 2.75) is 18.7 Å². The molecule has 2 rings (SSSR count). The lowest BCUT2D eigenvalue weighted by Gasteiger charge is -2.15. The van der Waals surface area contributed by atoms with E-state index in [2.05, 4.69) is 12.2 Å². The van der Waals surface area contributed by atoms with E-state index in [-0.39, 0.29) is 5.82 Å². The highest BCUT2D eigenvalue weighted by Crippen LogP contribution is 2.30. The van der Waals surface area contributed by atoms with Crippen LogP contribution in [0.2, 0.25) is 0 Å². The Morgan fingerprint density at radius 3 is 2.71 bits per heavy atom. The number of thiocarbonyl (C=S) groups is 1. The Hall–Kier alpha value is -1.59. The minimum Gasteiger partial charge on any atom is -0.389 e. The van der Waals surface area contributed by atoms with E-state index in [4.69, 9.17) is 18.0 Å². The second-order valence-corrected chi connectivity index (χ2v) is 6.31. The summed E-state index contributed by atoms with van der Waals surface area (Å²) in [4.78, 5) is 1.40. The highest BCUT2D eigenvalue weighted by Gasteiger charge is 2.11. The minimum absolute atomic E-state index is 0.217. The molecule has 0 aromatic heterocycles. The first-order chi connectivity index (χ1) is 10.0. The fraction of sp³-hybridized carbons (Fsp3) is 0.188. The van der Waals surface area contributed by atoms with Crippen LogP contribution in [0.5, 0.6) is 0 Å². The number of halogens is 1. The second-order valence-electron chi connectivity index (χ2n) is 4.56. The van der Waals surface area contributed by atoms with Crippen molar-refractivity contribution in [3.63, 3.8) is 0 Å². The van der Waals surface area contributed by atoms with E-state index in [1.807, 2.05) is 18.2 Å². The van der Waals surface area contributed by atoms with Crippen molar-refractivity contribution in [1.29, 1.82) is 0 Å². The molecule has 0 bridgehead atoms. The maximum Gasteiger partial charge on any atom is 0.126 e. The summed E-state index contributed by atoms with van der Waals surface area (Å²) in [6, 6.07) is 10.8. The third-order valence-electron chi connectivity index (χ3n) is 3.01. The number of thioether (sulfide) groups is 1. The van der Waals surface area contributed by atoms with Crippen molar-refractivity contribution in [1.82, 2.24) is 0 Å². The summed E-state index contributed by atoms with van der Waals surface area (Å²) in [6.07, 6.45) is 0. The standard InChI is InChI=1S/C16H17FN2S2/c1-3-21-14-6-4-5-13(15(14)16(18)20)19-11-7-8-12(17)10(2)9-11/h4-9,19H,3H2,1-2H3,(H2,18,20). The van der Waals surface area contributed by atoms with Crippen molar-refractivity contribution in [3.8, 4) is 0 Å². The van der Waals surface area contributed by atoms with E-state index in [9.17, 15) is 4.39 Å². The minimum atomic E-state index is -0.217. The number of aryl methyl sites for hydroxylation is 1. The first-order valence-corrected chi connectivity index (χ1v) is 8.01. The molecule has 0 aliphatic rings. The molecule has 110 valence electrons. The molecule has 0 aliphatic carbocycles. The molecule has 21 heavy (non-hydrogen) atoms. The zero-order valence-corrected chi connectivity index (χ0v) is 13.6. The molecule has 0 spiro atoms. The lowest BCUT2D eigenvalue weighted by Crippen LogP contribution is -2.13. The largest absolute Gasteiger partial charge is 0.389 e. The molecule has 0 aliphatic heterocycles. The predicted molar refractivity (Wildman–Crippen MR) is 93.1 cm³/mol. The van der Waals surface area contributed by atoms with Crippen LogP contribution in [0.3, 0.4) is 0 Å². The molecule has 2 aromatic carbocycles. The van der Waals surface area contributed by atoms with Crippen molar-refractivity contribution >= 4 is 40.3 Å². The fourth-order valence-corrected chi connectivity index (χ4v) is 3.18. The van der Waals surface area contributed by atoms with Gasteiger partial charge in [-0.05, 0) is 48.6 Å². The summed E-state index contributed by atoms with van der Waals surface area (Å²) in [5.41, 5.74) is 8.95. The molecule has 2 nitrogen and oxygen atoms in total. The summed E-state index contributed by atoms with van der Waals surface area (Å²) in [5.74, 6) is 0.722. The molecule has 0 radical (unpaired) electrons. The first-order valence-electron chi connectivity index (χ1n) is 6.61. The molecule has 0 fully saturated rings. The maximum absolute atomic E-state index is 13.3. The molecule has 3 N–H and O–H groups in total. The zero-order valence-electron chi connectivity index (χ0n) is 11.9. The summed E-state index contributed by atoms with van der Waals surface area (Å²) < 4.78 is 13.3. The summed E-state index contributed by atoms with van der Waals surface area (Å²) in [5, 5.41) is 3.27. The van der Waals surface area contributed by atoms with Crippen LogP contribution in [0.25, 0.3) is 0 Å². The highest BCUT2D eigenvalue weighted by molar-refractivity contribution is 7.99. The van der Waals surface area contributed by atoms with Gasteiger partial charge in [0.15, 0.2) is 0 Å². The van der Waals surface area contributed by atoms with Crippen LogP contribution >= 0.6 is 24.0 Å². The quantitative estimate of drug-likeness (QED) is 0.622. The van der Waals surface area contributed by atoms with Gasteiger partial charge < -0.3 is 11.1 Å². The van der Waals surface area contributed by atoms with E-state index in [0.717, 1.165) is 27.6 Å². The molecule has 0 saturated carbocycles. The third-order valence-corrected chi connectivity index (χ3v) is 4.15. The van der Waals surface area contributed by atoms with Crippen LogP contribution in [0.1, 0.15) is 18.1 Å². The Balaban J connectivity index is 2.41. The topological polar surface area (TPSA) is 38.0 Å². The van der Waals surface area contributed by atoms with Gasteiger partial charge in [-0.25, -0.2) is 4.39 Å². The van der Waals surface area contributed by atoms with Gasteiger partial charge in [0.2, 0.25) is 0 Å². The predicted octanol–water partition coefficient (Wildman–Crippen LogP) is 4.62.